The number of allylic oxidation sites excluding steroid dienone is 4. The van der Waals surface area contributed by atoms with Gasteiger partial charge in [0.25, 0.3) is 0 Å². The number of carbonyl (C=O) groups is 2. The molecule has 9 atom stereocenters. The van der Waals surface area contributed by atoms with Gasteiger partial charge in [0, 0.05) is 35.8 Å². The Morgan fingerprint density at radius 3 is 2.65 bits per heavy atom. The van der Waals surface area contributed by atoms with Crippen molar-refractivity contribution in [3.05, 3.63) is 53.6 Å². The molecular formula is C33H40F3NO5S. The van der Waals surface area contributed by atoms with Crippen LogP contribution < -0.4 is 4.74 Å². The highest BCUT2D eigenvalue weighted by Gasteiger charge is 2.79. The molecular weight excluding hydrogens is 579 g/mol. The molecule has 4 aliphatic carbocycles. The number of fused-ring (bicyclic) bond motifs is 7. The summed E-state index contributed by atoms with van der Waals surface area (Å²) in [4.78, 5) is 32.6. The van der Waals surface area contributed by atoms with E-state index < -0.39 is 69.0 Å². The monoisotopic (exact) mass is 619 g/mol. The van der Waals surface area contributed by atoms with Gasteiger partial charge in [0.05, 0.1) is 12.7 Å². The van der Waals surface area contributed by atoms with E-state index in [-0.39, 0.29) is 18.4 Å². The second-order valence-corrected chi connectivity index (χ2v) is 14.2. The molecule has 0 amide bonds. The second kappa shape index (κ2) is 11.0. The minimum atomic E-state index is -2.25. The zero-order chi connectivity index (χ0) is 30.8. The fourth-order valence-corrected chi connectivity index (χ4v) is 9.89. The normalized spacial score (nSPS) is 41.7. The summed E-state index contributed by atoms with van der Waals surface area (Å²) in [5.74, 6) is -1.46. The largest absolute Gasteiger partial charge is 0.494 e. The summed E-state index contributed by atoms with van der Waals surface area (Å²) in [5, 5.41) is 12.9. The van der Waals surface area contributed by atoms with Crippen LogP contribution in [0.2, 0.25) is 0 Å². The molecule has 3 saturated carbocycles. The summed E-state index contributed by atoms with van der Waals surface area (Å²) < 4.78 is 52.8. The van der Waals surface area contributed by atoms with Crippen LogP contribution in [0.4, 0.5) is 13.2 Å². The molecule has 1 saturated heterocycles. The molecule has 1 aromatic carbocycles. The summed E-state index contributed by atoms with van der Waals surface area (Å²) in [6.07, 6.45) is 2.76. The lowest BCUT2D eigenvalue weighted by Gasteiger charge is -2.63. The summed E-state index contributed by atoms with van der Waals surface area (Å²) in [5.41, 5.74) is -5.34. The number of nitrogens with zero attached hydrogens (tertiary/aromatic N) is 1. The third-order valence-electron chi connectivity index (χ3n) is 11.2. The standard InChI is InChI=1S/C33H40F3NO5S/c1-4-5-12-41-23-8-6-20(7-9-23)17-37-18-21-13-24-25-15-27(35)26-14-22(38)10-11-30(26,2)32(25,36)28(39)16-31(24,3)33(21,42-37)29(40)43-19-34/h6-11,14,21,24-25,27-28,39H,4-5,12-13,15-19H2,1-3H3/t21-,24-,25-,27-,28-,30-,31-,32-,33-/m0/s1. The first-order valence-electron chi connectivity index (χ1n) is 15.3. The van der Waals surface area contributed by atoms with Gasteiger partial charge in [-0.25, -0.2) is 13.2 Å². The Morgan fingerprint density at radius 2 is 1.95 bits per heavy atom. The Hall–Kier alpha value is -2.14. The van der Waals surface area contributed by atoms with E-state index in [2.05, 4.69) is 6.92 Å². The van der Waals surface area contributed by atoms with Crippen LogP contribution in [-0.4, -0.2) is 63.8 Å². The number of carbonyl (C=O) groups excluding carboxylic acids is 2. The lowest BCUT2D eigenvalue weighted by Crippen LogP contribution is -2.70. The highest BCUT2D eigenvalue weighted by atomic mass is 32.2. The Balaban J connectivity index is 1.31. The first-order chi connectivity index (χ1) is 20.4. The zero-order valence-electron chi connectivity index (χ0n) is 24.9. The van der Waals surface area contributed by atoms with Crippen molar-refractivity contribution in [3.63, 3.8) is 0 Å². The molecule has 43 heavy (non-hydrogen) atoms. The molecule has 4 fully saturated rings. The van der Waals surface area contributed by atoms with E-state index >= 15 is 8.78 Å². The maximum absolute atomic E-state index is 17.6. The highest BCUT2D eigenvalue weighted by molar-refractivity contribution is 8.13. The quantitative estimate of drug-likeness (QED) is 0.354. The van der Waals surface area contributed by atoms with Crippen LogP contribution in [0.1, 0.15) is 58.4 Å². The summed E-state index contributed by atoms with van der Waals surface area (Å²) in [7, 11) is 0. The molecule has 0 spiro atoms. The minimum absolute atomic E-state index is 0.0579. The summed E-state index contributed by atoms with van der Waals surface area (Å²) >= 11 is 0.537. The van der Waals surface area contributed by atoms with Gasteiger partial charge >= 0.3 is 0 Å². The van der Waals surface area contributed by atoms with Gasteiger partial charge in [-0.05, 0) is 73.9 Å². The molecule has 234 valence electrons. The van der Waals surface area contributed by atoms with E-state index in [1.54, 1.807) is 12.0 Å². The molecule has 10 heteroatoms. The number of aliphatic hydroxyl groups is 1. The van der Waals surface area contributed by atoms with Gasteiger partial charge in [-0.2, -0.15) is 5.06 Å². The number of halogens is 3. The van der Waals surface area contributed by atoms with Gasteiger partial charge in [0.1, 0.15) is 17.9 Å². The van der Waals surface area contributed by atoms with Gasteiger partial charge in [-0.1, -0.05) is 50.2 Å². The predicted octanol–water partition coefficient (Wildman–Crippen LogP) is 6.08. The number of thioether (sulfide) groups is 1. The van der Waals surface area contributed by atoms with E-state index in [1.807, 2.05) is 31.2 Å². The zero-order valence-corrected chi connectivity index (χ0v) is 25.7. The maximum Gasteiger partial charge on any atom is 0.226 e. The van der Waals surface area contributed by atoms with Gasteiger partial charge in [0.15, 0.2) is 17.1 Å². The summed E-state index contributed by atoms with van der Waals surface area (Å²) in [6.45, 7) is 6.86. The van der Waals surface area contributed by atoms with Crippen LogP contribution in [0, 0.1) is 28.6 Å². The third-order valence-corrected chi connectivity index (χ3v) is 11.9. The van der Waals surface area contributed by atoms with Crippen molar-refractivity contribution in [2.45, 2.75) is 83.0 Å². The van der Waals surface area contributed by atoms with Crippen molar-refractivity contribution >= 4 is 22.7 Å². The average Bonchev–Trinajstić information content (AvgIpc) is 3.45. The summed E-state index contributed by atoms with van der Waals surface area (Å²) in [6, 6.07) is 6.73. The molecule has 1 N–H and O–H groups in total. The smallest absolute Gasteiger partial charge is 0.226 e. The van der Waals surface area contributed by atoms with Crippen molar-refractivity contribution in [3.8, 4) is 5.75 Å². The molecule has 6 nitrogen and oxygen atoms in total. The number of rotatable bonds is 8. The Labute approximate surface area is 255 Å². The van der Waals surface area contributed by atoms with Crippen molar-refractivity contribution < 1.29 is 37.4 Å². The molecule has 0 aromatic heterocycles. The number of alkyl halides is 3. The maximum atomic E-state index is 17.6. The minimum Gasteiger partial charge on any atom is -0.494 e. The number of hydrogen-bond donors (Lipinski definition) is 1. The van der Waals surface area contributed by atoms with Crippen LogP contribution >= 0.6 is 11.8 Å². The topological polar surface area (TPSA) is 76.1 Å². The third kappa shape index (κ3) is 4.41. The van der Waals surface area contributed by atoms with Crippen molar-refractivity contribution in [2.24, 2.45) is 28.6 Å². The number of unbranched alkanes of at least 4 members (excludes halogenated alkanes) is 1. The van der Waals surface area contributed by atoms with Crippen LogP contribution in [0.3, 0.4) is 0 Å². The van der Waals surface area contributed by atoms with Crippen molar-refractivity contribution in [2.75, 3.05) is 19.2 Å². The van der Waals surface area contributed by atoms with Crippen molar-refractivity contribution in [1.82, 2.24) is 5.06 Å². The lowest BCUT2D eigenvalue weighted by atomic mass is 9.44. The molecule has 5 aliphatic rings. The van der Waals surface area contributed by atoms with E-state index in [0.29, 0.717) is 37.9 Å². The first-order valence-corrected chi connectivity index (χ1v) is 16.3. The van der Waals surface area contributed by atoms with E-state index in [4.69, 9.17) is 9.57 Å². The molecule has 1 heterocycles. The number of hydrogen-bond acceptors (Lipinski definition) is 7. The second-order valence-electron chi connectivity index (χ2n) is 13.3. The lowest BCUT2D eigenvalue weighted by molar-refractivity contribution is -0.266. The van der Waals surface area contributed by atoms with Gasteiger partial charge in [0.2, 0.25) is 5.12 Å². The Bertz CT molecular complexity index is 1340. The predicted molar refractivity (Wildman–Crippen MR) is 157 cm³/mol. The molecule has 6 rings (SSSR count). The number of ether oxygens (including phenoxy) is 1. The first kappa shape index (κ1) is 30.9. The van der Waals surface area contributed by atoms with Crippen LogP contribution in [-0.2, 0) is 21.0 Å². The van der Waals surface area contributed by atoms with Crippen LogP contribution in [0.15, 0.2) is 48.1 Å². The van der Waals surface area contributed by atoms with Crippen molar-refractivity contribution in [1.29, 1.82) is 0 Å². The van der Waals surface area contributed by atoms with Gasteiger partial charge in [-0.15, -0.1) is 0 Å². The fraction of sp³-hybridized carbons (Fsp3) is 0.636. The Kier molecular flexibility index (Phi) is 7.92. The van der Waals surface area contributed by atoms with Crippen LogP contribution in [0.25, 0.3) is 0 Å². The number of aliphatic hydroxyl groups excluding tert-OH is 1. The van der Waals surface area contributed by atoms with Gasteiger partial charge in [-0.3, -0.25) is 14.4 Å². The van der Waals surface area contributed by atoms with E-state index in [1.165, 1.54) is 18.2 Å². The Morgan fingerprint density at radius 1 is 1.21 bits per heavy atom. The van der Waals surface area contributed by atoms with Gasteiger partial charge < -0.3 is 9.84 Å². The van der Waals surface area contributed by atoms with E-state index in [0.717, 1.165) is 24.2 Å². The molecule has 1 aliphatic heterocycles. The highest BCUT2D eigenvalue weighted by Crippen LogP contribution is 2.73. The average molecular weight is 620 g/mol. The SMILES string of the molecule is CCCCOc1ccc(CN2C[C@@H]3C[C@H]4[C@@H]5C[C@H](F)C6=CC(=O)C=C[C@]6(C)[C@@]5(F)[C@@H](O)C[C@]4(C)[C@]3(C(=O)SCF)O2)cc1. The van der Waals surface area contributed by atoms with Crippen LogP contribution in [0.5, 0.6) is 5.75 Å². The molecule has 0 radical (unpaired) electrons. The number of hydroxylamine groups is 2. The van der Waals surface area contributed by atoms with E-state index in [9.17, 15) is 19.1 Å². The fourth-order valence-electron chi connectivity index (χ4n) is 9.14. The number of ketones is 1. The molecule has 0 bridgehead atoms. The molecule has 1 aromatic rings. The number of benzene rings is 1. The molecule has 0 unspecified atom stereocenters.